The van der Waals surface area contributed by atoms with Crippen LogP contribution in [0.3, 0.4) is 0 Å². The van der Waals surface area contributed by atoms with Crippen LogP contribution in [0.2, 0.25) is 0 Å². The van der Waals surface area contributed by atoms with Crippen molar-refractivity contribution in [3.63, 3.8) is 0 Å². The molecular weight excluding hydrogens is 327 g/mol. The van der Waals surface area contributed by atoms with Gasteiger partial charge in [0.05, 0.1) is 0 Å². The minimum atomic E-state index is -0.280. The molecule has 0 aromatic heterocycles. The first-order valence-electron chi connectivity index (χ1n) is 9.55. The second kappa shape index (κ2) is 7.58. The number of carbonyl (C=O) groups excluding carboxylic acids is 1. The van der Waals surface area contributed by atoms with E-state index >= 15 is 0 Å². The van der Waals surface area contributed by atoms with E-state index in [9.17, 15) is 9.18 Å². The van der Waals surface area contributed by atoms with Gasteiger partial charge in [0.15, 0.2) is 0 Å². The van der Waals surface area contributed by atoms with Gasteiger partial charge in [-0.25, -0.2) is 4.39 Å². The van der Waals surface area contributed by atoms with Gasteiger partial charge < -0.3 is 4.90 Å². The van der Waals surface area contributed by atoms with Crippen LogP contribution in [0, 0.1) is 11.7 Å². The van der Waals surface area contributed by atoms with Gasteiger partial charge >= 0.3 is 0 Å². The van der Waals surface area contributed by atoms with Crippen LogP contribution in [-0.2, 0) is 11.3 Å². The van der Waals surface area contributed by atoms with Gasteiger partial charge in [-0.1, -0.05) is 36.4 Å². The molecule has 1 heterocycles. The SMILES string of the molecule is O=C(C1CC1)N(c1cccc(F)c1)C1CCN(Cc2ccccc2)CC1. The number of piperidine rings is 1. The lowest BCUT2D eigenvalue weighted by Gasteiger charge is -2.39. The van der Waals surface area contributed by atoms with Crippen molar-refractivity contribution in [1.82, 2.24) is 4.90 Å². The standard InChI is InChI=1S/C22H25FN2O/c23-19-7-4-8-21(15-19)25(22(26)18-9-10-18)20-11-13-24(14-12-20)16-17-5-2-1-3-6-17/h1-8,15,18,20H,9-14,16H2. The van der Waals surface area contributed by atoms with E-state index in [1.807, 2.05) is 17.0 Å². The zero-order chi connectivity index (χ0) is 17.9. The summed E-state index contributed by atoms with van der Waals surface area (Å²) in [6.07, 6.45) is 3.80. The second-order valence-corrected chi connectivity index (χ2v) is 7.46. The van der Waals surface area contributed by atoms with E-state index in [2.05, 4.69) is 29.2 Å². The summed E-state index contributed by atoms with van der Waals surface area (Å²) >= 11 is 0. The summed E-state index contributed by atoms with van der Waals surface area (Å²) in [5, 5.41) is 0. The van der Waals surface area contributed by atoms with Gasteiger partial charge in [0.1, 0.15) is 5.82 Å². The van der Waals surface area contributed by atoms with Crippen LogP contribution in [0.1, 0.15) is 31.2 Å². The highest BCUT2D eigenvalue weighted by molar-refractivity contribution is 5.97. The summed E-state index contributed by atoms with van der Waals surface area (Å²) in [5.74, 6) is 0.0373. The predicted molar refractivity (Wildman–Crippen MR) is 101 cm³/mol. The monoisotopic (exact) mass is 352 g/mol. The Hall–Kier alpha value is -2.20. The summed E-state index contributed by atoms with van der Waals surface area (Å²) in [5.41, 5.74) is 2.03. The fourth-order valence-electron chi connectivity index (χ4n) is 3.85. The number of benzene rings is 2. The first kappa shape index (κ1) is 17.2. The van der Waals surface area contributed by atoms with Crippen molar-refractivity contribution in [3.05, 3.63) is 66.0 Å². The number of halogens is 1. The van der Waals surface area contributed by atoms with Gasteiger partial charge in [-0.05, 0) is 49.4 Å². The summed E-state index contributed by atoms with van der Waals surface area (Å²) in [7, 11) is 0. The average Bonchev–Trinajstić information content (AvgIpc) is 3.49. The summed E-state index contributed by atoms with van der Waals surface area (Å²) in [4.78, 5) is 17.2. The van der Waals surface area contributed by atoms with E-state index < -0.39 is 0 Å². The van der Waals surface area contributed by atoms with Crippen molar-refractivity contribution in [1.29, 1.82) is 0 Å². The maximum Gasteiger partial charge on any atom is 0.230 e. The highest BCUT2D eigenvalue weighted by atomic mass is 19.1. The van der Waals surface area contributed by atoms with Crippen molar-refractivity contribution in [2.75, 3.05) is 18.0 Å². The molecule has 0 spiro atoms. The number of anilines is 1. The molecule has 0 unspecified atom stereocenters. The number of likely N-dealkylation sites (tertiary alicyclic amines) is 1. The highest BCUT2D eigenvalue weighted by Crippen LogP contribution is 2.35. The molecule has 2 fully saturated rings. The van der Waals surface area contributed by atoms with E-state index in [1.54, 1.807) is 6.07 Å². The molecule has 3 nitrogen and oxygen atoms in total. The van der Waals surface area contributed by atoms with Crippen LogP contribution in [0.25, 0.3) is 0 Å². The van der Waals surface area contributed by atoms with Gasteiger partial charge in [0, 0.05) is 37.3 Å². The third-order valence-corrected chi connectivity index (χ3v) is 5.42. The van der Waals surface area contributed by atoms with Crippen molar-refractivity contribution >= 4 is 11.6 Å². The van der Waals surface area contributed by atoms with Gasteiger partial charge in [0.2, 0.25) is 5.91 Å². The number of rotatable bonds is 5. The molecule has 0 N–H and O–H groups in total. The first-order valence-corrected chi connectivity index (χ1v) is 9.55. The lowest BCUT2D eigenvalue weighted by molar-refractivity contribution is -0.120. The molecule has 0 radical (unpaired) electrons. The molecule has 1 aliphatic heterocycles. The minimum Gasteiger partial charge on any atom is -0.309 e. The molecule has 2 aromatic carbocycles. The van der Waals surface area contributed by atoms with Crippen molar-refractivity contribution < 1.29 is 9.18 Å². The molecule has 1 saturated carbocycles. The van der Waals surface area contributed by atoms with E-state index in [4.69, 9.17) is 0 Å². The average molecular weight is 352 g/mol. The van der Waals surface area contributed by atoms with Crippen LogP contribution in [0.5, 0.6) is 0 Å². The third kappa shape index (κ3) is 3.96. The highest BCUT2D eigenvalue weighted by Gasteiger charge is 2.38. The largest absolute Gasteiger partial charge is 0.309 e. The zero-order valence-electron chi connectivity index (χ0n) is 15.0. The van der Waals surface area contributed by atoms with E-state index in [1.165, 1.54) is 17.7 Å². The topological polar surface area (TPSA) is 23.6 Å². The van der Waals surface area contributed by atoms with Gasteiger partial charge in [0.25, 0.3) is 0 Å². The molecule has 136 valence electrons. The number of carbonyl (C=O) groups is 1. The fourth-order valence-corrected chi connectivity index (χ4v) is 3.85. The zero-order valence-corrected chi connectivity index (χ0v) is 15.0. The van der Waals surface area contributed by atoms with Crippen molar-refractivity contribution in [2.45, 2.75) is 38.3 Å². The summed E-state index contributed by atoms with van der Waals surface area (Å²) < 4.78 is 13.7. The van der Waals surface area contributed by atoms with Crippen LogP contribution in [0.15, 0.2) is 54.6 Å². The smallest absolute Gasteiger partial charge is 0.230 e. The molecular formula is C22H25FN2O. The second-order valence-electron chi connectivity index (χ2n) is 7.46. The quantitative estimate of drug-likeness (QED) is 0.804. The minimum absolute atomic E-state index is 0.139. The lowest BCUT2D eigenvalue weighted by atomic mass is 10.0. The predicted octanol–water partition coefficient (Wildman–Crippen LogP) is 4.23. The number of hydrogen-bond acceptors (Lipinski definition) is 2. The van der Waals surface area contributed by atoms with Gasteiger partial charge in [-0.3, -0.25) is 9.69 Å². The Bertz CT molecular complexity index is 752. The summed E-state index contributed by atoms with van der Waals surface area (Å²) in [6.45, 7) is 2.87. The van der Waals surface area contributed by atoms with Crippen LogP contribution in [0.4, 0.5) is 10.1 Å². The molecule has 26 heavy (non-hydrogen) atoms. The Kier molecular flexibility index (Phi) is 5.02. The summed E-state index contributed by atoms with van der Waals surface area (Å²) in [6, 6.07) is 17.1. The Morgan fingerprint density at radius 3 is 2.38 bits per heavy atom. The van der Waals surface area contributed by atoms with E-state index in [0.717, 1.165) is 45.3 Å². The van der Waals surface area contributed by atoms with Gasteiger partial charge in [-0.15, -0.1) is 0 Å². The lowest BCUT2D eigenvalue weighted by Crippen LogP contribution is -2.48. The normalized spacial score (nSPS) is 18.7. The van der Waals surface area contributed by atoms with Crippen molar-refractivity contribution in [3.8, 4) is 0 Å². The molecule has 2 aliphatic rings. The Morgan fingerprint density at radius 1 is 1.00 bits per heavy atom. The molecule has 1 aliphatic carbocycles. The Morgan fingerprint density at radius 2 is 1.73 bits per heavy atom. The van der Waals surface area contributed by atoms with Crippen LogP contribution >= 0.6 is 0 Å². The molecule has 4 heteroatoms. The van der Waals surface area contributed by atoms with Crippen LogP contribution < -0.4 is 4.90 Å². The van der Waals surface area contributed by atoms with Crippen molar-refractivity contribution in [2.24, 2.45) is 5.92 Å². The molecule has 0 atom stereocenters. The molecule has 0 bridgehead atoms. The number of nitrogens with zero attached hydrogens (tertiary/aromatic N) is 2. The molecule has 1 saturated heterocycles. The first-order chi connectivity index (χ1) is 12.7. The molecule has 1 amide bonds. The molecule has 4 rings (SSSR count). The third-order valence-electron chi connectivity index (χ3n) is 5.42. The van der Waals surface area contributed by atoms with E-state index in [0.29, 0.717) is 5.69 Å². The Balaban J connectivity index is 1.45. The number of amides is 1. The Labute approximate surface area is 154 Å². The maximum atomic E-state index is 13.7. The van der Waals surface area contributed by atoms with Gasteiger partial charge in [-0.2, -0.15) is 0 Å². The molecule has 2 aromatic rings. The fraction of sp³-hybridized carbons (Fsp3) is 0.409. The number of hydrogen-bond donors (Lipinski definition) is 0. The van der Waals surface area contributed by atoms with E-state index in [-0.39, 0.29) is 23.7 Å². The van der Waals surface area contributed by atoms with Crippen LogP contribution in [-0.4, -0.2) is 29.9 Å². The maximum absolute atomic E-state index is 13.7.